The number of aryl methyl sites for hydroxylation is 2. The molecule has 0 aliphatic heterocycles. The Labute approximate surface area is 212 Å². The number of carbonyl (C=O) groups is 2. The summed E-state index contributed by atoms with van der Waals surface area (Å²) in [4.78, 5) is 44.2. The van der Waals surface area contributed by atoms with Crippen LogP contribution in [-0.4, -0.2) is 33.8 Å². The molecule has 184 valence electrons. The van der Waals surface area contributed by atoms with Crippen LogP contribution in [0.3, 0.4) is 0 Å². The monoisotopic (exact) mass is 511 g/mol. The molecule has 1 aromatic carbocycles. The number of anilines is 1. The van der Waals surface area contributed by atoms with E-state index in [-0.39, 0.29) is 29.8 Å². The molecule has 1 aliphatic rings. The van der Waals surface area contributed by atoms with Gasteiger partial charge in [-0.1, -0.05) is 42.8 Å². The fraction of sp³-hybridized carbons (Fsp3) is 0.385. The van der Waals surface area contributed by atoms with Crippen molar-refractivity contribution < 1.29 is 14.3 Å². The number of ether oxygens (including phenoxy) is 1. The summed E-state index contributed by atoms with van der Waals surface area (Å²) in [6, 6.07) is 10.7. The number of nitrogens with one attached hydrogen (secondary N) is 1. The molecule has 35 heavy (non-hydrogen) atoms. The molecule has 0 unspecified atom stereocenters. The van der Waals surface area contributed by atoms with Gasteiger partial charge in [0.25, 0.3) is 5.56 Å². The van der Waals surface area contributed by atoms with E-state index in [1.807, 2.05) is 30.3 Å². The molecular formula is C26H29N3O4S2. The zero-order valence-corrected chi connectivity index (χ0v) is 21.6. The quantitative estimate of drug-likeness (QED) is 0.267. The summed E-state index contributed by atoms with van der Waals surface area (Å²) in [6.07, 6.45) is 6.15. The van der Waals surface area contributed by atoms with Crippen LogP contribution < -0.4 is 10.9 Å². The van der Waals surface area contributed by atoms with Crippen molar-refractivity contribution in [2.45, 2.75) is 57.5 Å². The van der Waals surface area contributed by atoms with Crippen molar-refractivity contribution in [3.63, 3.8) is 0 Å². The smallest absolute Gasteiger partial charge is 0.341 e. The van der Waals surface area contributed by atoms with Gasteiger partial charge in [-0.25, -0.2) is 9.78 Å². The number of hydrogen-bond donors (Lipinski definition) is 1. The Morgan fingerprint density at radius 3 is 2.63 bits per heavy atom. The first-order valence-electron chi connectivity index (χ1n) is 11.9. The minimum Gasteiger partial charge on any atom is -0.462 e. The molecule has 0 fully saturated rings. The maximum Gasteiger partial charge on any atom is 0.341 e. The van der Waals surface area contributed by atoms with Crippen LogP contribution in [0.5, 0.6) is 0 Å². The molecule has 3 aromatic rings. The molecule has 2 heterocycles. The largest absolute Gasteiger partial charge is 0.462 e. The van der Waals surface area contributed by atoms with Crippen molar-refractivity contribution in [2.24, 2.45) is 0 Å². The fourth-order valence-electron chi connectivity index (χ4n) is 4.20. The van der Waals surface area contributed by atoms with Crippen molar-refractivity contribution in [2.75, 3.05) is 17.7 Å². The van der Waals surface area contributed by atoms with Gasteiger partial charge in [-0.2, -0.15) is 0 Å². The number of rotatable bonds is 7. The van der Waals surface area contributed by atoms with Gasteiger partial charge >= 0.3 is 5.97 Å². The second kappa shape index (κ2) is 11.7. The van der Waals surface area contributed by atoms with Crippen LogP contribution in [0, 0.1) is 6.92 Å². The minimum atomic E-state index is -0.383. The lowest BCUT2D eigenvalue weighted by molar-refractivity contribution is -0.113. The first kappa shape index (κ1) is 25.2. The maximum absolute atomic E-state index is 13.0. The van der Waals surface area contributed by atoms with Crippen molar-refractivity contribution >= 4 is 40.0 Å². The third-order valence-electron chi connectivity index (χ3n) is 5.77. The Morgan fingerprint density at radius 1 is 1.14 bits per heavy atom. The number of benzene rings is 1. The van der Waals surface area contributed by atoms with Gasteiger partial charge in [-0.15, -0.1) is 11.3 Å². The molecule has 0 atom stereocenters. The van der Waals surface area contributed by atoms with Crippen molar-refractivity contribution in [3.8, 4) is 5.69 Å². The molecule has 0 spiro atoms. The van der Waals surface area contributed by atoms with E-state index in [1.165, 1.54) is 40.2 Å². The van der Waals surface area contributed by atoms with Crippen LogP contribution in [0.15, 0.2) is 46.3 Å². The molecule has 1 amide bonds. The molecule has 1 aliphatic carbocycles. The van der Waals surface area contributed by atoms with Gasteiger partial charge in [-0.3, -0.25) is 14.2 Å². The first-order valence-corrected chi connectivity index (χ1v) is 13.7. The SMILES string of the molecule is CCOC(=O)c1c(NC(=O)CSc2nc(C)cc(=O)n2-c2ccccc2)sc2c1CCCCCC2. The molecule has 0 radical (unpaired) electrons. The van der Waals surface area contributed by atoms with Crippen molar-refractivity contribution in [3.05, 3.63) is 68.4 Å². The Bertz CT molecular complexity index is 1270. The number of hydrogen-bond acceptors (Lipinski definition) is 7. The average Bonchev–Trinajstić information content (AvgIpc) is 3.13. The fourth-order valence-corrected chi connectivity index (χ4v) is 6.36. The summed E-state index contributed by atoms with van der Waals surface area (Å²) in [6.45, 7) is 3.82. The van der Waals surface area contributed by atoms with Crippen molar-refractivity contribution in [1.82, 2.24) is 9.55 Å². The van der Waals surface area contributed by atoms with E-state index >= 15 is 0 Å². The summed E-state index contributed by atoms with van der Waals surface area (Å²) >= 11 is 2.67. The molecule has 4 rings (SSSR count). The van der Waals surface area contributed by atoms with E-state index in [0.717, 1.165) is 42.5 Å². The predicted molar refractivity (Wildman–Crippen MR) is 140 cm³/mol. The zero-order chi connectivity index (χ0) is 24.8. The van der Waals surface area contributed by atoms with Crippen LogP contribution in [0.4, 0.5) is 5.00 Å². The third-order valence-corrected chi connectivity index (χ3v) is 7.91. The maximum atomic E-state index is 13.0. The number of carbonyl (C=O) groups excluding carboxylic acids is 2. The number of fused-ring (bicyclic) bond motifs is 1. The molecular weight excluding hydrogens is 482 g/mol. The van der Waals surface area contributed by atoms with E-state index in [4.69, 9.17) is 4.74 Å². The number of nitrogens with zero attached hydrogens (tertiary/aromatic N) is 2. The van der Waals surface area contributed by atoms with Gasteiger partial charge in [-0.05, 0) is 57.2 Å². The van der Waals surface area contributed by atoms with Gasteiger partial charge in [0.05, 0.1) is 23.6 Å². The second-order valence-corrected chi connectivity index (χ2v) is 10.4. The van der Waals surface area contributed by atoms with E-state index in [9.17, 15) is 14.4 Å². The molecule has 2 aromatic heterocycles. The summed E-state index contributed by atoms with van der Waals surface area (Å²) in [5, 5.41) is 3.95. The van der Waals surface area contributed by atoms with Crippen LogP contribution in [-0.2, 0) is 22.4 Å². The highest BCUT2D eigenvalue weighted by Gasteiger charge is 2.26. The highest BCUT2D eigenvalue weighted by Crippen LogP contribution is 2.37. The van der Waals surface area contributed by atoms with Crippen LogP contribution in [0.1, 0.15) is 59.1 Å². The first-order chi connectivity index (χ1) is 17.0. The molecule has 0 bridgehead atoms. The predicted octanol–water partition coefficient (Wildman–Crippen LogP) is 5.17. The van der Waals surface area contributed by atoms with Gasteiger partial charge in [0.1, 0.15) is 5.00 Å². The Morgan fingerprint density at radius 2 is 1.89 bits per heavy atom. The summed E-state index contributed by atoms with van der Waals surface area (Å²) in [5.41, 5.74) is 2.61. The molecule has 0 saturated carbocycles. The topological polar surface area (TPSA) is 90.3 Å². The van der Waals surface area contributed by atoms with E-state index < -0.39 is 0 Å². The van der Waals surface area contributed by atoms with Gasteiger partial charge in [0.15, 0.2) is 5.16 Å². The Balaban J connectivity index is 1.56. The van der Waals surface area contributed by atoms with Crippen LogP contribution in [0.2, 0.25) is 0 Å². The number of esters is 1. The standard InChI is InChI=1S/C26H29N3O4S2/c1-3-33-25(32)23-19-13-9-4-5-10-14-20(19)35-24(23)28-21(30)16-34-26-27-17(2)15-22(31)29(26)18-11-7-6-8-12-18/h6-8,11-12,15H,3-5,9-10,13-14,16H2,1-2H3,(H,28,30). The molecule has 9 heteroatoms. The third kappa shape index (κ3) is 6.02. The van der Waals surface area contributed by atoms with E-state index in [0.29, 0.717) is 27.1 Å². The number of amides is 1. The second-order valence-electron chi connectivity index (χ2n) is 8.37. The summed E-state index contributed by atoms with van der Waals surface area (Å²) in [5.74, 6) is -0.593. The Kier molecular flexibility index (Phi) is 8.41. The highest BCUT2D eigenvalue weighted by atomic mass is 32.2. The summed E-state index contributed by atoms with van der Waals surface area (Å²) in [7, 11) is 0. The highest BCUT2D eigenvalue weighted by molar-refractivity contribution is 7.99. The van der Waals surface area contributed by atoms with Gasteiger partial charge in [0, 0.05) is 16.6 Å². The molecule has 0 saturated heterocycles. The number of thioether (sulfide) groups is 1. The normalized spacial score (nSPS) is 13.4. The Hall–Kier alpha value is -2.91. The van der Waals surface area contributed by atoms with Gasteiger partial charge < -0.3 is 10.1 Å². The molecule has 7 nitrogen and oxygen atoms in total. The molecule has 1 N–H and O–H groups in total. The van der Waals surface area contributed by atoms with Gasteiger partial charge in [0.2, 0.25) is 5.91 Å². The minimum absolute atomic E-state index is 0.0492. The lowest BCUT2D eigenvalue weighted by Gasteiger charge is -2.12. The number of aromatic nitrogens is 2. The van der Waals surface area contributed by atoms with Crippen LogP contribution >= 0.6 is 23.1 Å². The van der Waals surface area contributed by atoms with Crippen LogP contribution in [0.25, 0.3) is 5.69 Å². The number of thiophene rings is 1. The zero-order valence-electron chi connectivity index (χ0n) is 20.0. The number of para-hydroxylation sites is 1. The lowest BCUT2D eigenvalue weighted by Crippen LogP contribution is -2.22. The van der Waals surface area contributed by atoms with E-state index in [1.54, 1.807) is 13.8 Å². The lowest BCUT2D eigenvalue weighted by atomic mass is 9.96. The van der Waals surface area contributed by atoms with E-state index in [2.05, 4.69) is 10.3 Å². The van der Waals surface area contributed by atoms with Crippen molar-refractivity contribution in [1.29, 1.82) is 0 Å². The average molecular weight is 512 g/mol. The summed E-state index contributed by atoms with van der Waals surface area (Å²) < 4.78 is 6.84.